The third-order valence-corrected chi connectivity index (χ3v) is 4.45. The SMILES string of the molecule is CCOc1ccccc1C(=O)OCC(=O)N[C@H]1CCCc2ccccc21. The first-order valence-corrected chi connectivity index (χ1v) is 8.95. The van der Waals surface area contributed by atoms with Crippen molar-refractivity contribution in [3.8, 4) is 5.75 Å². The second kappa shape index (κ2) is 8.52. The van der Waals surface area contributed by atoms with Crippen molar-refractivity contribution in [2.45, 2.75) is 32.2 Å². The molecule has 0 heterocycles. The minimum atomic E-state index is -0.562. The number of benzene rings is 2. The number of para-hydroxylation sites is 1. The molecule has 1 atom stereocenters. The fraction of sp³-hybridized carbons (Fsp3) is 0.333. The number of carbonyl (C=O) groups is 2. The van der Waals surface area contributed by atoms with E-state index >= 15 is 0 Å². The van der Waals surface area contributed by atoms with Crippen LogP contribution in [0, 0.1) is 0 Å². The molecule has 0 unspecified atom stereocenters. The molecule has 26 heavy (non-hydrogen) atoms. The zero-order valence-electron chi connectivity index (χ0n) is 14.9. The minimum absolute atomic E-state index is 0.0261. The highest BCUT2D eigenvalue weighted by Crippen LogP contribution is 2.29. The van der Waals surface area contributed by atoms with Crippen LogP contribution in [0.25, 0.3) is 0 Å². The molecule has 0 fully saturated rings. The van der Waals surface area contributed by atoms with Gasteiger partial charge in [-0.2, -0.15) is 0 Å². The Bertz CT molecular complexity index is 787. The van der Waals surface area contributed by atoms with E-state index in [4.69, 9.17) is 9.47 Å². The summed E-state index contributed by atoms with van der Waals surface area (Å²) in [5.41, 5.74) is 2.75. The van der Waals surface area contributed by atoms with E-state index in [0.717, 1.165) is 24.8 Å². The Labute approximate surface area is 153 Å². The number of esters is 1. The average Bonchev–Trinajstić information content (AvgIpc) is 2.67. The highest BCUT2D eigenvalue weighted by Gasteiger charge is 2.22. The predicted molar refractivity (Wildman–Crippen MR) is 98.2 cm³/mol. The molecule has 136 valence electrons. The summed E-state index contributed by atoms with van der Waals surface area (Å²) in [4.78, 5) is 24.5. The van der Waals surface area contributed by atoms with Crippen LogP contribution in [0.1, 0.15) is 47.3 Å². The molecule has 0 bridgehead atoms. The maximum atomic E-state index is 12.3. The van der Waals surface area contributed by atoms with Gasteiger partial charge in [0.25, 0.3) is 5.91 Å². The molecule has 0 saturated heterocycles. The molecule has 1 N–H and O–H groups in total. The molecular formula is C21H23NO4. The highest BCUT2D eigenvalue weighted by molar-refractivity contribution is 5.94. The summed E-state index contributed by atoms with van der Waals surface area (Å²) in [5.74, 6) is -0.399. The summed E-state index contributed by atoms with van der Waals surface area (Å²) in [6.07, 6.45) is 2.96. The van der Waals surface area contributed by atoms with Gasteiger partial charge in [0, 0.05) is 0 Å². The van der Waals surface area contributed by atoms with E-state index in [1.54, 1.807) is 24.3 Å². The van der Waals surface area contributed by atoms with Crippen molar-refractivity contribution < 1.29 is 19.1 Å². The molecule has 0 radical (unpaired) electrons. The number of rotatable bonds is 6. The Morgan fingerprint density at radius 3 is 2.73 bits per heavy atom. The molecule has 2 aromatic rings. The maximum absolute atomic E-state index is 12.3. The first kappa shape index (κ1) is 18.0. The van der Waals surface area contributed by atoms with E-state index in [9.17, 15) is 9.59 Å². The van der Waals surface area contributed by atoms with Gasteiger partial charge >= 0.3 is 5.97 Å². The molecule has 0 aromatic heterocycles. The normalized spacial score (nSPS) is 15.7. The average molecular weight is 353 g/mol. The molecule has 1 amide bonds. The van der Waals surface area contributed by atoms with Crippen molar-refractivity contribution in [1.29, 1.82) is 0 Å². The maximum Gasteiger partial charge on any atom is 0.342 e. The van der Waals surface area contributed by atoms with Gasteiger partial charge in [-0.05, 0) is 49.4 Å². The van der Waals surface area contributed by atoms with Gasteiger partial charge in [-0.15, -0.1) is 0 Å². The zero-order valence-corrected chi connectivity index (χ0v) is 14.9. The summed E-state index contributed by atoms with van der Waals surface area (Å²) in [6, 6.07) is 15.0. The highest BCUT2D eigenvalue weighted by atomic mass is 16.5. The summed E-state index contributed by atoms with van der Waals surface area (Å²) in [7, 11) is 0. The zero-order chi connectivity index (χ0) is 18.4. The number of amides is 1. The number of ether oxygens (including phenoxy) is 2. The number of hydrogen-bond donors (Lipinski definition) is 1. The predicted octanol–water partition coefficient (Wildman–Crippen LogP) is 3.44. The van der Waals surface area contributed by atoms with Gasteiger partial charge in [0.2, 0.25) is 0 Å². The fourth-order valence-electron chi connectivity index (χ4n) is 3.27. The van der Waals surface area contributed by atoms with E-state index in [0.29, 0.717) is 17.9 Å². The van der Waals surface area contributed by atoms with E-state index in [-0.39, 0.29) is 18.6 Å². The van der Waals surface area contributed by atoms with Crippen LogP contribution < -0.4 is 10.1 Å². The molecule has 0 aliphatic heterocycles. The van der Waals surface area contributed by atoms with E-state index in [1.165, 1.54) is 5.56 Å². The van der Waals surface area contributed by atoms with Crippen LogP contribution in [-0.2, 0) is 16.0 Å². The second-order valence-electron chi connectivity index (χ2n) is 6.22. The molecule has 0 spiro atoms. The fourth-order valence-corrected chi connectivity index (χ4v) is 3.27. The Hall–Kier alpha value is -2.82. The Kier molecular flexibility index (Phi) is 5.89. The molecule has 0 saturated carbocycles. The van der Waals surface area contributed by atoms with Gasteiger partial charge in [0.05, 0.1) is 12.6 Å². The van der Waals surface area contributed by atoms with Crippen molar-refractivity contribution in [3.05, 3.63) is 65.2 Å². The van der Waals surface area contributed by atoms with Gasteiger partial charge in [0.15, 0.2) is 6.61 Å². The van der Waals surface area contributed by atoms with E-state index in [1.807, 2.05) is 25.1 Å². The number of carbonyl (C=O) groups excluding carboxylic acids is 2. The minimum Gasteiger partial charge on any atom is -0.493 e. The molecule has 5 heteroatoms. The van der Waals surface area contributed by atoms with Crippen LogP contribution >= 0.6 is 0 Å². The first-order valence-electron chi connectivity index (χ1n) is 8.95. The number of fused-ring (bicyclic) bond motifs is 1. The third-order valence-electron chi connectivity index (χ3n) is 4.45. The largest absolute Gasteiger partial charge is 0.493 e. The lowest BCUT2D eigenvalue weighted by Crippen LogP contribution is -2.34. The lowest BCUT2D eigenvalue weighted by atomic mass is 9.88. The monoisotopic (exact) mass is 353 g/mol. The number of aryl methyl sites for hydroxylation is 1. The molecule has 2 aromatic carbocycles. The van der Waals surface area contributed by atoms with Gasteiger partial charge in [-0.1, -0.05) is 36.4 Å². The summed E-state index contributed by atoms with van der Waals surface area (Å²) < 4.78 is 10.6. The van der Waals surface area contributed by atoms with Crippen molar-refractivity contribution in [2.75, 3.05) is 13.2 Å². The van der Waals surface area contributed by atoms with Crippen LogP contribution in [0.15, 0.2) is 48.5 Å². The first-order chi connectivity index (χ1) is 12.7. The summed E-state index contributed by atoms with van der Waals surface area (Å²) in [6.45, 7) is 1.99. The standard InChI is InChI=1S/C21H23NO4/c1-2-25-19-13-6-5-11-17(19)21(24)26-14-20(23)22-18-12-7-9-15-8-3-4-10-16(15)18/h3-6,8,10-11,13,18H,2,7,9,12,14H2,1H3,(H,22,23)/t18-/m0/s1. The molecule has 3 rings (SSSR count). The molecule has 1 aliphatic rings. The van der Waals surface area contributed by atoms with Gasteiger partial charge in [-0.25, -0.2) is 4.79 Å². The molecule has 1 aliphatic carbocycles. The van der Waals surface area contributed by atoms with Crippen LogP contribution in [0.3, 0.4) is 0 Å². The van der Waals surface area contributed by atoms with Crippen LogP contribution in [0.2, 0.25) is 0 Å². The van der Waals surface area contributed by atoms with Gasteiger partial charge < -0.3 is 14.8 Å². The van der Waals surface area contributed by atoms with Crippen molar-refractivity contribution in [3.63, 3.8) is 0 Å². The quantitative estimate of drug-likeness (QED) is 0.808. The lowest BCUT2D eigenvalue weighted by Gasteiger charge is -2.26. The summed E-state index contributed by atoms with van der Waals surface area (Å²) >= 11 is 0. The van der Waals surface area contributed by atoms with E-state index < -0.39 is 5.97 Å². The molecular weight excluding hydrogens is 330 g/mol. The lowest BCUT2D eigenvalue weighted by molar-refractivity contribution is -0.125. The smallest absolute Gasteiger partial charge is 0.342 e. The Morgan fingerprint density at radius 2 is 1.88 bits per heavy atom. The van der Waals surface area contributed by atoms with Crippen LogP contribution in [0.5, 0.6) is 5.75 Å². The van der Waals surface area contributed by atoms with Gasteiger partial charge in [0.1, 0.15) is 11.3 Å². The van der Waals surface area contributed by atoms with Gasteiger partial charge in [-0.3, -0.25) is 4.79 Å². The Morgan fingerprint density at radius 1 is 1.12 bits per heavy atom. The number of hydrogen-bond acceptors (Lipinski definition) is 4. The van der Waals surface area contributed by atoms with Crippen molar-refractivity contribution >= 4 is 11.9 Å². The van der Waals surface area contributed by atoms with Crippen LogP contribution in [-0.4, -0.2) is 25.1 Å². The van der Waals surface area contributed by atoms with Crippen molar-refractivity contribution in [2.24, 2.45) is 0 Å². The topological polar surface area (TPSA) is 64.6 Å². The van der Waals surface area contributed by atoms with Crippen molar-refractivity contribution in [1.82, 2.24) is 5.32 Å². The molecule has 5 nitrogen and oxygen atoms in total. The van der Waals surface area contributed by atoms with E-state index in [2.05, 4.69) is 11.4 Å². The summed E-state index contributed by atoms with van der Waals surface area (Å²) in [5, 5.41) is 2.97. The van der Waals surface area contributed by atoms with Crippen LogP contribution in [0.4, 0.5) is 0 Å². The Balaban J connectivity index is 1.58. The second-order valence-corrected chi connectivity index (χ2v) is 6.22. The number of nitrogens with one attached hydrogen (secondary N) is 1. The third kappa shape index (κ3) is 4.23.